The van der Waals surface area contributed by atoms with Crippen molar-refractivity contribution in [3.63, 3.8) is 0 Å². The molecular weight excluding hydrogens is 212 g/mol. The summed E-state index contributed by atoms with van der Waals surface area (Å²) < 4.78 is 25.9. The number of alkyl halides is 2. The van der Waals surface area contributed by atoms with E-state index in [4.69, 9.17) is 0 Å². The zero-order valence-corrected chi connectivity index (χ0v) is 9.22. The first-order chi connectivity index (χ1) is 7.57. The number of carbonyl (C=O) groups is 1. The third kappa shape index (κ3) is 2.80. The van der Waals surface area contributed by atoms with Gasteiger partial charge in [0.25, 0.3) is 0 Å². The summed E-state index contributed by atoms with van der Waals surface area (Å²) in [5, 5.41) is 2.84. The Balaban J connectivity index is 1.84. The lowest BCUT2D eigenvalue weighted by atomic mass is 10.0. The Morgan fingerprint density at radius 2 is 2.19 bits per heavy atom. The number of nitrogens with one attached hydrogen (secondary N) is 1. The van der Waals surface area contributed by atoms with Gasteiger partial charge in [0.1, 0.15) is 0 Å². The molecule has 0 radical (unpaired) electrons. The quantitative estimate of drug-likeness (QED) is 0.725. The zero-order chi connectivity index (χ0) is 11.6. The van der Waals surface area contributed by atoms with Crippen molar-refractivity contribution in [2.45, 2.75) is 50.5 Å². The van der Waals surface area contributed by atoms with Gasteiger partial charge in [-0.2, -0.15) is 0 Å². The van der Waals surface area contributed by atoms with Crippen LogP contribution in [0.15, 0.2) is 12.2 Å². The van der Waals surface area contributed by atoms with Crippen molar-refractivity contribution in [3.8, 4) is 0 Å². The van der Waals surface area contributed by atoms with Crippen LogP contribution in [-0.4, -0.2) is 17.9 Å². The van der Waals surface area contributed by atoms with E-state index in [1.165, 1.54) is 0 Å². The lowest BCUT2D eigenvalue weighted by molar-refractivity contribution is -0.126. The minimum atomic E-state index is -2.63. The molecule has 0 aromatic carbocycles. The van der Waals surface area contributed by atoms with E-state index in [1.807, 2.05) is 12.2 Å². The van der Waals surface area contributed by atoms with Crippen LogP contribution in [-0.2, 0) is 4.79 Å². The van der Waals surface area contributed by atoms with Crippen molar-refractivity contribution in [3.05, 3.63) is 12.2 Å². The van der Waals surface area contributed by atoms with E-state index in [-0.39, 0.29) is 24.8 Å². The average Bonchev–Trinajstić information content (AvgIpc) is 2.60. The van der Waals surface area contributed by atoms with Gasteiger partial charge in [0.2, 0.25) is 11.8 Å². The molecule has 2 rings (SSSR count). The standard InChI is InChI=1S/C12H17F2NO/c13-12(14)7-6-9(8-12)11(16)15-10-4-2-1-3-5-10/h2,4,9-10H,1,3,5-8H2,(H,15,16)/t9-,10+/m0/s1. The molecule has 1 amide bonds. The Kier molecular flexibility index (Phi) is 3.26. The summed E-state index contributed by atoms with van der Waals surface area (Å²) in [5.41, 5.74) is 0. The molecule has 2 atom stereocenters. The fourth-order valence-corrected chi connectivity index (χ4v) is 2.41. The zero-order valence-electron chi connectivity index (χ0n) is 9.22. The first kappa shape index (κ1) is 11.6. The third-order valence-electron chi connectivity index (χ3n) is 3.36. The largest absolute Gasteiger partial charge is 0.350 e. The van der Waals surface area contributed by atoms with Crippen molar-refractivity contribution < 1.29 is 13.6 Å². The molecule has 2 aliphatic rings. The van der Waals surface area contributed by atoms with Crippen molar-refractivity contribution in [2.24, 2.45) is 5.92 Å². The summed E-state index contributed by atoms with van der Waals surface area (Å²) in [6.07, 6.45) is 6.92. The van der Waals surface area contributed by atoms with Gasteiger partial charge in [-0.15, -0.1) is 0 Å². The molecule has 2 nitrogen and oxygen atoms in total. The van der Waals surface area contributed by atoms with Gasteiger partial charge in [-0.1, -0.05) is 12.2 Å². The second-order valence-corrected chi connectivity index (χ2v) is 4.77. The van der Waals surface area contributed by atoms with Crippen LogP contribution < -0.4 is 5.32 Å². The Bertz CT molecular complexity index is 301. The second kappa shape index (κ2) is 4.52. The van der Waals surface area contributed by atoms with E-state index in [0.717, 1.165) is 19.3 Å². The van der Waals surface area contributed by atoms with Crippen molar-refractivity contribution in [1.29, 1.82) is 0 Å². The smallest absolute Gasteiger partial charge is 0.248 e. The van der Waals surface area contributed by atoms with Crippen molar-refractivity contribution >= 4 is 5.91 Å². The van der Waals surface area contributed by atoms with Gasteiger partial charge in [-0.3, -0.25) is 4.79 Å². The number of hydrogen-bond acceptors (Lipinski definition) is 1. The van der Waals surface area contributed by atoms with Gasteiger partial charge in [-0.25, -0.2) is 8.78 Å². The highest BCUT2D eigenvalue weighted by Crippen LogP contribution is 2.38. The lowest BCUT2D eigenvalue weighted by Crippen LogP contribution is -2.38. The Labute approximate surface area is 94.1 Å². The fraction of sp³-hybridized carbons (Fsp3) is 0.750. The Hall–Kier alpha value is -0.930. The molecule has 0 heterocycles. The maximum absolute atomic E-state index is 12.9. The first-order valence-corrected chi connectivity index (χ1v) is 5.92. The van der Waals surface area contributed by atoms with Crippen molar-refractivity contribution in [2.75, 3.05) is 0 Å². The molecule has 0 spiro atoms. The molecule has 0 aliphatic heterocycles. The van der Waals surface area contributed by atoms with E-state index in [9.17, 15) is 13.6 Å². The van der Waals surface area contributed by atoms with Crippen LogP contribution in [0.4, 0.5) is 8.78 Å². The number of allylic oxidation sites excluding steroid dienone is 1. The van der Waals surface area contributed by atoms with Crippen LogP contribution in [0.1, 0.15) is 38.5 Å². The summed E-state index contributed by atoms with van der Waals surface area (Å²) in [5.74, 6) is -3.33. The molecular formula is C12H17F2NO. The van der Waals surface area contributed by atoms with Crippen molar-refractivity contribution in [1.82, 2.24) is 5.32 Å². The summed E-state index contributed by atoms with van der Waals surface area (Å²) >= 11 is 0. The first-order valence-electron chi connectivity index (χ1n) is 5.92. The molecule has 1 N–H and O–H groups in total. The molecule has 0 saturated heterocycles. The molecule has 16 heavy (non-hydrogen) atoms. The monoisotopic (exact) mass is 229 g/mol. The second-order valence-electron chi connectivity index (χ2n) is 4.77. The molecule has 90 valence electrons. The van der Waals surface area contributed by atoms with Crippen LogP contribution in [0.5, 0.6) is 0 Å². The average molecular weight is 229 g/mol. The number of halogens is 2. The summed E-state index contributed by atoms with van der Waals surface area (Å²) in [4.78, 5) is 11.7. The summed E-state index contributed by atoms with van der Waals surface area (Å²) in [7, 11) is 0. The van der Waals surface area contributed by atoms with Gasteiger partial charge < -0.3 is 5.32 Å². The van der Waals surface area contributed by atoms with Gasteiger partial charge in [0.15, 0.2) is 0 Å². The predicted octanol–water partition coefficient (Wildman–Crippen LogP) is 2.65. The van der Waals surface area contributed by atoms with Gasteiger partial charge in [0, 0.05) is 24.8 Å². The van der Waals surface area contributed by atoms with E-state index in [1.54, 1.807) is 0 Å². The topological polar surface area (TPSA) is 29.1 Å². The molecule has 0 aromatic heterocycles. The maximum atomic E-state index is 12.9. The minimum Gasteiger partial charge on any atom is -0.350 e. The SMILES string of the molecule is O=C(N[C@@H]1C=CCCC1)[C@H]1CCC(F)(F)C1. The van der Waals surface area contributed by atoms with Gasteiger partial charge in [0.05, 0.1) is 0 Å². The fourth-order valence-electron chi connectivity index (χ4n) is 2.41. The third-order valence-corrected chi connectivity index (χ3v) is 3.36. The maximum Gasteiger partial charge on any atom is 0.248 e. The van der Waals surface area contributed by atoms with Gasteiger partial charge >= 0.3 is 0 Å². The predicted molar refractivity (Wildman–Crippen MR) is 57.2 cm³/mol. The molecule has 4 heteroatoms. The summed E-state index contributed by atoms with van der Waals surface area (Å²) in [6, 6.07) is 0.0514. The van der Waals surface area contributed by atoms with E-state index in [0.29, 0.717) is 6.42 Å². The highest BCUT2D eigenvalue weighted by atomic mass is 19.3. The van der Waals surface area contributed by atoms with Crippen LogP contribution in [0, 0.1) is 5.92 Å². The lowest BCUT2D eigenvalue weighted by Gasteiger charge is -2.20. The van der Waals surface area contributed by atoms with E-state index < -0.39 is 11.8 Å². The summed E-state index contributed by atoms with van der Waals surface area (Å²) in [6.45, 7) is 0. The van der Waals surface area contributed by atoms with Crippen LogP contribution in [0.3, 0.4) is 0 Å². The molecule has 0 aromatic rings. The Morgan fingerprint density at radius 1 is 1.38 bits per heavy atom. The van der Waals surface area contributed by atoms with Crippen LogP contribution in [0.25, 0.3) is 0 Å². The molecule has 1 saturated carbocycles. The molecule has 2 aliphatic carbocycles. The van der Waals surface area contributed by atoms with E-state index in [2.05, 4.69) is 5.32 Å². The highest BCUT2D eigenvalue weighted by Gasteiger charge is 2.42. The number of carbonyl (C=O) groups excluding carboxylic acids is 1. The van der Waals surface area contributed by atoms with Crippen LogP contribution in [0.2, 0.25) is 0 Å². The van der Waals surface area contributed by atoms with Crippen LogP contribution >= 0.6 is 0 Å². The molecule has 0 bridgehead atoms. The molecule has 0 unspecified atom stereocenters. The van der Waals surface area contributed by atoms with Gasteiger partial charge in [-0.05, 0) is 25.7 Å². The number of hydrogen-bond donors (Lipinski definition) is 1. The Morgan fingerprint density at radius 3 is 2.75 bits per heavy atom. The molecule has 1 fully saturated rings. The normalized spacial score (nSPS) is 32.6. The highest BCUT2D eigenvalue weighted by molar-refractivity contribution is 5.79. The minimum absolute atomic E-state index is 0.0514. The number of amides is 1. The number of rotatable bonds is 2. The van der Waals surface area contributed by atoms with E-state index >= 15 is 0 Å².